The summed E-state index contributed by atoms with van der Waals surface area (Å²) in [6, 6.07) is 8.28. The molecule has 1 aromatic rings. The number of hydrogen-bond donors (Lipinski definition) is 0. The zero-order valence-corrected chi connectivity index (χ0v) is 13.5. The Morgan fingerprint density at radius 3 is 1.59 bits per heavy atom. The van der Waals surface area contributed by atoms with Gasteiger partial charge in [-0.2, -0.15) is 0 Å². The Balaban J connectivity index is -0.000000303. The first kappa shape index (κ1) is 25.8. The molecule has 0 N–H and O–H groups in total. The number of hydrogen-bond acceptors (Lipinski definition) is 2. The average molecular weight is 358 g/mol. The van der Waals surface area contributed by atoms with Gasteiger partial charge in [-0.3, -0.25) is 6.58 Å². The van der Waals surface area contributed by atoms with E-state index in [9.17, 15) is 8.42 Å². The molecule has 0 heterocycles. The van der Waals surface area contributed by atoms with Gasteiger partial charge in [-0.05, 0) is 44.2 Å². The van der Waals surface area contributed by atoms with Crippen molar-refractivity contribution in [2.75, 3.05) is 5.75 Å². The monoisotopic (exact) mass is 358 g/mol. The fourth-order valence-corrected chi connectivity index (χ4v) is 2.17. The largest absolute Gasteiger partial charge is 2.00 e. The van der Waals surface area contributed by atoms with Crippen molar-refractivity contribution in [1.29, 1.82) is 0 Å². The van der Waals surface area contributed by atoms with Crippen LogP contribution in [0.3, 0.4) is 0 Å². The van der Waals surface area contributed by atoms with Crippen molar-refractivity contribution in [2.45, 2.75) is 4.90 Å². The third kappa shape index (κ3) is 12.6. The first-order valence-electron chi connectivity index (χ1n) is 5.52. The molecule has 22 heavy (non-hydrogen) atoms. The molecule has 115 valence electrons. The molecule has 0 saturated heterocycles. The molecular formula is C16H14FeO4S+. The molecule has 1 fully saturated rings. The van der Waals surface area contributed by atoms with E-state index in [2.05, 4.69) is 26.0 Å². The van der Waals surface area contributed by atoms with E-state index in [1.165, 1.54) is 0 Å². The number of sulfone groups is 1. The fraction of sp³-hybridized carbons (Fsp3) is 0.0625. The molecular weight excluding hydrogens is 344 g/mol. The molecule has 1 aromatic carbocycles. The van der Waals surface area contributed by atoms with Gasteiger partial charge in [0, 0.05) is 0 Å². The molecule has 0 atom stereocenters. The van der Waals surface area contributed by atoms with Gasteiger partial charge in [-0.1, -0.05) is 24.0 Å². The third-order valence-electron chi connectivity index (χ3n) is 1.95. The SMILES string of the molecule is C=[C-]CS(=O)(=O)c1ccccc1.[C-]#[O+].[C-]#[O+].[CH]1[CH][CH][CH][CH]1.[Fe+2]. The fourth-order valence-electron chi connectivity index (χ4n) is 1.17. The van der Waals surface area contributed by atoms with Crippen molar-refractivity contribution in [3.05, 3.63) is 88.4 Å². The van der Waals surface area contributed by atoms with Gasteiger partial charge in [-0.15, -0.1) is 0 Å². The quantitative estimate of drug-likeness (QED) is 0.473. The van der Waals surface area contributed by atoms with Gasteiger partial charge < -0.3 is 6.08 Å². The summed E-state index contributed by atoms with van der Waals surface area (Å²) < 4.78 is 37.7. The first-order valence-corrected chi connectivity index (χ1v) is 7.17. The summed E-state index contributed by atoms with van der Waals surface area (Å²) in [6.07, 6.45) is 12.4. The smallest absolute Gasteiger partial charge is 0.0312 e. The van der Waals surface area contributed by atoms with Crippen LogP contribution in [0, 0.1) is 51.5 Å². The standard InChI is InChI=1S/C9H9O2S.C5H5.2CO.Fe/c1-2-8-12(10,11)9-6-4-3-5-7-9;1-2-4-5-3-1;2*1-2;/h3-7H,1,8H2;1-5H;;;/q-1;;;;+2. The van der Waals surface area contributed by atoms with Crippen molar-refractivity contribution in [1.82, 2.24) is 0 Å². The molecule has 4 nitrogen and oxygen atoms in total. The molecule has 5 radical (unpaired) electrons. The van der Waals surface area contributed by atoms with Crippen LogP contribution in [0.5, 0.6) is 0 Å². The van der Waals surface area contributed by atoms with Gasteiger partial charge in [0.15, 0.2) is 9.84 Å². The molecule has 0 spiro atoms. The minimum atomic E-state index is -3.18. The van der Waals surface area contributed by atoms with Crippen molar-refractivity contribution in [3.63, 3.8) is 0 Å². The summed E-state index contributed by atoms with van der Waals surface area (Å²) in [6.45, 7) is 12.3. The Morgan fingerprint density at radius 2 is 1.27 bits per heavy atom. The Morgan fingerprint density at radius 1 is 0.909 bits per heavy atom. The number of rotatable bonds is 3. The van der Waals surface area contributed by atoms with Crippen LogP contribution in [-0.4, -0.2) is 14.2 Å². The van der Waals surface area contributed by atoms with Gasteiger partial charge in [0.05, 0.1) is 4.90 Å². The van der Waals surface area contributed by atoms with Gasteiger partial charge in [0.2, 0.25) is 0 Å². The molecule has 1 saturated carbocycles. The van der Waals surface area contributed by atoms with E-state index < -0.39 is 9.84 Å². The van der Waals surface area contributed by atoms with E-state index >= 15 is 0 Å². The van der Waals surface area contributed by atoms with Gasteiger partial charge in [0.1, 0.15) is 0 Å². The maximum absolute atomic E-state index is 11.3. The summed E-state index contributed by atoms with van der Waals surface area (Å²) in [7, 11) is -3.18. The van der Waals surface area contributed by atoms with E-state index in [4.69, 9.17) is 9.30 Å². The van der Waals surface area contributed by atoms with E-state index in [1.807, 2.05) is 32.1 Å². The number of benzene rings is 1. The minimum Gasteiger partial charge on any atom is -0.0312 e. The predicted molar refractivity (Wildman–Crippen MR) is 76.7 cm³/mol. The van der Waals surface area contributed by atoms with E-state index in [0.717, 1.165) is 0 Å². The maximum atomic E-state index is 11.3. The molecule has 0 unspecified atom stereocenters. The van der Waals surface area contributed by atoms with Crippen molar-refractivity contribution < 1.29 is 34.8 Å². The first-order chi connectivity index (χ1) is 10.2. The van der Waals surface area contributed by atoms with E-state index in [1.54, 1.807) is 30.3 Å². The van der Waals surface area contributed by atoms with Crippen LogP contribution in [0.4, 0.5) is 0 Å². The molecule has 0 aliphatic heterocycles. The average Bonchev–Trinajstić information content (AvgIpc) is 3.12. The van der Waals surface area contributed by atoms with Crippen LogP contribution in [-0.2, 0) is 36.2 Å². The minimum absolute atomic E-state index is 0. The zero-order chi connectivity index (χ0) is 16.6. The summed E-state index contributed by atoms with van der Waals surface area (Å²) >= 11 is 0. The van der Waals surface area contributed by atoms with Crippen LogP contribution < -0.4 is 0 Å². The van der Waals surface area contributed by atoms with Gasteiger partial charge in [-0.25, -0.2) is 8.42 Å². The van der Waals surface area contributed by atoms with E-state index in [-0.39, 0.29) is 22.8 Å². The van der Waals surface area contributed by atoms with Crippen LogP contribution >= 0.6 is 0 Å². The molecule has 1 aliphatic carbocycles. The Hall–Kier alpha value is -1.09. The predicted octanol–water partition coefficient (Wildman–Crippen LogP) is 2.39. The van der Waals surface area contributed by atoms with Crippen LogP contribution in [0.2, 0.25) is 0 Å². The van der Waals surface area contributed by atoms with Gasteiger partial charge >= 0.3 is 39.7 Å². The Bertz CT molecular complexity index is 489. The molecule has 0 amide bonds. The zero-order valence-electron chi connectivity index (χ0n) is 11.6. The Kier molecular flexibility index (Phi) is 21.1. The molecule has 0 aromatic heterocycles. The molecule has 2 rings (SSSR count). The molecule has 6 heteroatoms. The summed E-state index contributed by atoms with van der Waals surface area (Å²) in [5.41, 5.74) is 0. The third-order valence-corrected chi connectivity index (χ3v) is 3.52. The maximum Gasteiger partial charge on any atom is 2.00 e. The summed E-state index contributed by atoms with van der Waals surface area (Å²) in [5, 5.41) is 0. The summed E-state index contributed by atoms with van der Waals surface area (Å²) in [5.74, 6) is -0.128. The van der Waals surface area contributed by atoms with Crippen LogP contribution in [0.25, 0.3) is 0 Å². The second kappa shape index (κ2) is 18.0. The molecule has 1 aliphatic rings. The van der Waals surface area contributed by atoms with Crippen molar-refractivity contribution >= 4 is 9.84 Å². The molecule has 0 bridgehead atoms. The van der Waals surface area contributed by atoms with Gasteiger partial charge in [0.25, 0.3) is 0 Å². The second-order valence-electron chi connectivity index (χ2n) is 3.28. The van der Waals surface area contributed by atoms with Crippen molar-refractivity contribution in [3.8, 4) is 0 Å². The Labute approximate surface area is 143 Å². The van der Waals surface area contributed by atoms with E-state index in [0.29, 0.717) is 4.90 Å². The summed E-state index contributed by atoms with van der Waals surface area (Å²) in [4.78, 5) is 0.321. The topological polar surface area (TPSA) is 73.9 Å². The second-order valence-corrected chi connectivity index (χ2v) is 5.27. The van der Waals surface area contributed by atoms with Crippen molar-refractivity contribution in [2.24, 2.45) is 0 Å². The van der Waals surface area contributed by atoms with Crippen LogP contribution in [0.1, 0.15) is 0 Å². The normalized spacial score (nSPS) is 11.6. The van der Waals surface area contributed by atoms with Crippen LogP contribution in [0.15, 0.2) is 41.8 Å².